The Morgan fingerprint density at radius 1 is 0.981 bits per heavy atom. The van der Waals surface area contributed by atoms with E-state index >= 15 is 4.39 Å². The van der Waals surface area contributed by atoms with Crippen LogP contribution in [0.1, 0.15) is 90.0 Å². The topological polar surface area (TPSA) is 155 Å². The third-order valence-electron chi connectivity index (χ3n) is 9.97. The van der Waals surface area contributed by atoms with Gasteiger partial charge in [-0.1, -0.05) is 45.0 Å². The van der Waals surface area contributed by atoms with E-state index in [1.165, 1.54) is 18.2 Å². The average Bonchev–Trinajstić information content (AvgIpc) is 3.10. The van der Waals surface area contributed by atoms with Crippen LogP contribution in [0.3, 0.4) is 0 Å². The molecule has 0 unspecified atom stereocenters. The first-order chi connectivity index (χ1) is 25.6. The molecule has 3 aromatic rings. The number of benzene rings is 2. The molecule has 2 aromatic carbocycles. The number of amides is 2. The zero-order valence-corrected chi connectivity index (χ0v) is 32.6. The first-order valence-corrected chi connectivity index (χ1v) is 18.7. The lowest BCUT2D eigenvalue weighted by molar-refractivity contribution is 0.169. The molecule has 12 nitrogen and oxygen atoms in total. The van der Waals surface area contributed by atoms with Gasteiger partial charge < -0.3 is 35.3 Å². The Morgan fingerprint density at radius 3 is 2.35 bits per heavy atom. The van der Waals surface area contributed by atoms with Crippen LogP contribution in [0.5, 0.6) is 11.5 Å². The Balaban J connectivity index is 1.31. The number of likely N-dealkylation sites (tertiary alicyclic amines) is 1. The number of hydrogen-bond donors (Lipinski definition) is 6. The number of piperidine rings is 1. The lowest BCUT2D eigenvalue weighted by Crippen LogP contribution is -2.51. The van der Waals surface area contributed by atoms with Crippen molar-refractivity contribution >= 4 is 23.4 Å². The van der Waals surface area contributed by atoms with Crippen LogP contribution in [-0.2, 0) is 0 Å². The Hall–Kier alpha value is -5.17. The summed E-state index contributed by atoms with van der Waals surface area (Å²) in [5.41, 5.74) is 1.86. The van der Waals surface area contributed by atoms with Gasteiger partial charge >= 0.3 is 6.03 Å². The number of rotatable bonds is 11. The number of nitrogens with one attached hydrogen (secondary N) is 6. The van der Waals surface area contributed by atoms with Gasteiger partial charge in [0.1, 0.15) is 41.3 Å². The number of pyridine rings is 1. The lowest BCUT2D eigenvalue weighted by Gasteiger charge is -2.41. The van der Waals surface area contributed by atoms with Crippen LogP contribution in [0.25, 0.3) is 0 Å². The zero-order valence-electron chi connectivity index (χ0n) is 32.6. The van der Waals surface area contributed by atoms with Gasteiger partial charge in [0.05, 0.1) is 17.9 Å². The van der Waals surface area contributed by atoms with Crippen molar-refractivity contribution in [1.29, 1.82) is 16.2 Å². The van der Waals surface area contributed by atoms with Crippen molar-refractivity contribution in [2.75, 3.05) is 32.6 Å². The van der Waals surface area contributed by atoms with E-state index in [0.29, 0.717) is 37.5 Å². The molecular weight excluding hydrogens is 686 g/mol. The minimum atomic E-state index is -0.534. The van der Waals surface area contributed by atoms with Crippen molar-refractivity contribution in [2.45, 2.75) is 91.0 Å². The van der Waals surface area contributed by atoms with E-state index in [9.17, 15) is 4.79 Å². The zero-order chi connectivity index (χ0) is 39.2. The maximum Gasteiger partial charge on any atom is 0.320 e. The Morgan fingerprint density at radius 2 is 1.67 bits per heavy atom. The molecule has 0 spiro atoms. The van der Waals surface area contributed by atoms with Gasteiger partial charge in [0.15, 0.2) is 0 Å². The maximum absolute atomic E-state index is 15.0. The van der Waals surface area contributed by atoms with Gasteiger partial charge in [-0.25, -0.2) is 9.18 Å². The number of carbonyl (C=O) groups excluding carboxylic acids is 1. The molecule has 1 saturated heterocycles. The molecule has 0 bridgehead atoms. The molecule has 54 heavy (non-hydrogen) atoms. The third-order valence-corrected chi connectivity index (χ3v) is 9.97. The molecule has 2 heterocycles. The lowest BCUT2D eigenvalue weighted by atomic mass is 9.85. The summed E-state index contributed by atoms with van der Waals surface area (Å²) in [6.07, 6.45) is 7.24. The SMILES string of the molecule is C[C@@H]1CCC[C@H](C)N1C(=N)n1cc(O[C@@H]2CC[C@H](NC(=O)N/C(=C/C(=N)C(C)(C)C)Nc3cc(OCCN(C)C)ccc3F)c3ccccc32)ccc1=N. The number of carbonyl (C=O) groups is 1. The molecule has 2 amide bonds. The van der Waals surface area contributed by atoms with Crippen molar-refractivity contribution in [3.05, 3.63) is 95.1 Å². The molecule has 1 fully saturated rings. The maximum atomic E-state index is 15.0. The van der Waals surface area contributed by atoms with E-state index in [1.807, 2.05) is 64.0 Å². The Kier molecular flexibility index (Phi) is 12.8. The number of aromatic nitrogens is 1. The van der Waals surface area contributed by atoms with Gasteiger partial charge in [-0.3, -0.25) is 20.7 Å². The van der Waals surface area contributed by atoms with Crippen LogP contribution in [0.15, 0.2) is 72.7 Å². The second-order valence-electron chi connectivity index (χ2n) is 15.6. The number of hydrogen-bond acceptors (Lipinski definition) is 8. The summed E-state index contributed by atoms with van der Waals surface area (Å²) in [5.74, 6) is 0.911. The summed E-state index contributed by atoms with van der Waals surface area (Å²) in [7, 11) is 3.88. The number of nitrogens with zero attached hydrogens (tertiary/aromatic N) is 3. The van der Waals surface area contributed by atoms with Crippen LogP contribution in [0, 0.1) is 27.5 Å². The van der Waals surface area contributed by atoms with Crippen molar-refractivity contribution in [3.8, 4) is 11.5 Å². The van der Waals surface area contributed by atoms with Gasteiger partial charge in [-0.15, -0.1) is 0 Å². The van der Waals surface area contributed by atoms with E-state index in [2.05, 4.69) is 34.7 Å². The smallest absolute Gasteiger partial charge is 0.320 e. The fourth-order valence-corrected chi connectivity index (χ4v) is 6.84. The highest BCUT2D eigenvalue weighted by atomic mass is 19.1. The summed E-state index contributed by atoms with van der Waals surface area (Å²) in [6.45, 7) is 11.0. The second kappa shape index (κ2) is 17.3. The second-order valence-corrected chi connectivity index (χ2v) is 15.6. The molecule has 1 aliphatic heterocycles. The molecule has 0 saturated carbocycles. The van der Waals surface area contributed by atoms with Crippen molar-refractivity contribution in [3.63, 3.8) is 0 Å². The van der Waals surface area contributed by atoms with E-state index in [4.69, 9.17) is 25.7 Å². The highest BCUT2D eigenvalue weighted by Gasteiger charge is 2.31. The molecule has 0 radical (unpaired) electrons. The molecular formula is C41H56FN9O3. The van der Waals surface area contributed by atoms with Gasteiger partial charge in [0, 0.05) is 41.9 Å². The largest absolute Gasteiger partial charge is 0.492 e. The Bertz CT molecular complexity index is 1910. The third kappa shape index (κ3) is 10.1. The number of allylic oxidation sites excluding steroid dienone is 1. The van der Waals surface area contributed by atoms with Crippen LogP contribution < -0.4 is 30.9 Å². The van der Waals surface area contributed by atoms with Crippen molar-refractivity contribution in [1.82, 2.24) is 25.0 Å². The molecule has 1 aliphatic carbocycles. The molecule has 5 rings (SSSR count). The number of halogens is 1. The van der Waals surface area contributed by atoms with Crippen LogP contribution in [0.4, 0.5) is 14.9 Å². The molecule has 1 aromatic heterocycles. The standard InChI is InChI=1S/C41H56FN9O3/c1-26-11-10-12-27(2)51(26)39(45)50-25-29(16-20-37(50)44)54-35-19-18-33(30-13-8-9-14-31(30)35)47-40(52)48-38(24-36(43)41(3,4)5)46-34-23-28(15-17-32(34)42)53-22-21-49(6)7/h8-9,13-17,20,23-27,33,35,43-46H,10-12,18-19,21-22H2,1-7H3,(H2,47,48,52)/b38-24+,43-36?,44-37?,45-39?/t26-,27+,33-,35+/m0/s1. The monoisotopic (exact) mass is 741 g/mol. The van der Waals surface area contributed by atoms with Crippen LogP contribution >= 0.6 is 0 Å². The number of fused-ring (bicyclic) bond motifs is 1. The minimum absolute atomic E-state index is 0.100. The first-order valence-electron chi connectivity index (χ1n) is 18.7. The highest BCUT2D eigenvalue weighted by Crippen LogP contribution is 2.39. The van der Waals surface area contributed by atoms with Crippen LogP contribution in [-0.4, -0.2) is 71.4 Å². The molecule has 13 heteroatoms. The van der Waals surface area contributed by atoms with Gasteiger partial charge in [0.2, 0.25) is 5.96 Å². The molecule has 6 N–H and O–H groups in total. The molecule has 4 atom stereocenters. The van der Waals surface area contributed by atoms with E-state index in [-0.39, 0.29) is 52.9 Å². The fraction of sp³-hybridized carbons (Fsp3) is 0.463. The number of ether oxygens (including phenoxy) is 2. The Labute approximate surface area is 318 Å². The normalized spacial score (nSPS) is 20.2. The molecule has 2 aliphatic rings. The number of anilines is 1. The van der Waals surface area contributed by atoms with Gasteiger partial charge in [0.25, 0.3) is 0 Å². The van der Waals surface area contributed by atoms with E-state index < -0.39 is 17.3 Å². The minimum Gasteiger partial charge on any atom is -0.492 e. The number of urea groups is 1. The number of likely N-dealkylation sites (N-methyl/N-ethyl adjacent to an activating group) is 1. The summed E-state index contributed by atoms with van der Waals surface area (Å²) in [6, 6.07) is 15.2. The van der Waals surface area contributed by atoms with Crippen LogP contribution in [0.2, 0.25) is 0 Å². The predicted octanol–water partition coefficient (Wildman–Crippen LogP) is 7.37. The van der Waals surface area contributed by atoms with Crippen molar-refractivity contribution in [2.24, 2.45) is 5.41 Å². The van der Waals surface area contributed by atoms with E-state index in [0.717, 1.165) is 30.4 Å². The van der Waals surface area contributed by atoms with Gasteiger partial charge in [-0.05, 0) is 95.4 Å². The summed E-state index contributed by atoms with van der Waals surface area (Å²) in [4.78, 5) is 17.7. The summed E-state index contributed by atoms with van der Waals surface area (Å²) >= 11 is 0. The average molecular weight is 742 g/mol. The predicted molar refractivity (Wildman–Crippen MR) is 211 cm³/mol. The summed E-state index contributed by atoms with van der Waals surface area (Å²) < 4.78 is 29.0. The molecule has 290 valence electrons. The quantitative estimate of drug-likeness (QED) is 0.0892. The fourth-order valence-electron chi connectivity index (χ4n) is 6.84. The highest BCUT2D eigenvalue weighted by molar-refractivity contribution is 5.97. The van der Waals surface area contributed by atoms with Crippen molar-refractivity contribution < 1.29 is 18.7 Å². The first kappa shape index (κ1) is 40.0. The summed E-state index contributed by atoms with van der Waals surface area (Å²) in [5, 5.41) is 35.1. The van der Waals surface area contributed by atoms with Gasteiger partial charge in [-0.2, -0.15) is 0 Å². The van der Waals surface area contributed by atoms with E-state index in [1.54, 1.807) is 29.0 Å².